The number of aliphatic hydroxyl groups is 1. The molecule has 1 aromatic rings. The topological polar surface area (TPSA) is 133 Å². The number of H-pyrrole nitrogens is 1. The van der Waals surface area contributed by atoms with Crippen molar-refractivity contribution in [3.05, 3.63) is 21.9 Å². The molecular formula is C19H35N3O6. The fraction of sp³-hybridized carbons (Fsp3) is 0.684. The van der Waals surface area contributed by atoms with Crippen LogP contribution < -0.4 is 5.56 Å². The van der Waals surface area contributed by atoms with E-state index in [0.717, 1.165) is 39.4 Å². The second-order valence-electron chi connectivity index (χ2n) is 6.65. The summed E-state index contributed by atoms with van der Waals surface area (Å²) in [6.07, 6.45) is 4.01. The molecule has 0 aliphatic heterocycles. The van der Waals surface area contributed by atoms with Crippen molar-refractivity contribution in [3.63, 3.8) is 0 Å². The quantitative estimate of drug-likeness (QED) is 0.345. The van der Waals surface area contributed by atoms with E-state index in [1.165, 1.54) is 4.90 Å². The standard InChI is InChI=1S/C14H21N3O5.C4H10.CH4O/c1-4-5-6-7-9(17(2)8-18)12-15-10(14(21)22-3)11(19)13(20)16-12;1-4(2)3;1-2/h8-9,19H,4-7H2,1-3H3,(H,15,16,20);4H,1-3H3;2H,1H3. The minimum absolute atomic E-state index is 0.147. The number of methoxy groups -OCH3 is 1. The summed E-state index contributed by atoms with van der Waals surface area (Å²) in [5.41, 5.74) is -1.30. The number of ether oxygens (including phenoxy) is 1. The van der Waals surface area contributed by atoms with Gasteiger partial charge in [-0.3, -0.25) is 9.59 Å². The smallest absolute Gasteiger partial charge is 0.360 e. The molecule has 0 aromatic carbocycles. The van der Waals surface area contributed by atoms with Crippen molar-refractivity contribution < 1.29 is 24.5 Å². The lowest BCUT2D eigenvalue weighted by Crippen LogP contribution is -2.28. The highest BCUT2D eigenvalue weighted by atomic mass is 16.5. The van der Waals surface area contributed by atoms with E-state index in [9.17, 15) is 19.5 Å². The van der Waals surface area contributed by atoms with Crippen LogP contribution in [0.1, 0.15) is 75.7 Å². The number of aromatic hydroxyl groups is 1. The summed E-state index contributed by atoms with van der Waals surface area (Å²) in [6.45, 7) is 8.55. The molecule has 28 heavy (non-hydrogen) atoms. The number of nitrogens with one attached hydrogen (secondary N) is 1. The first-order valence-corrected chi connectivity index (χ1v) is 9.22. The molecular weight excluding hydrogens is 366 g/mol. The zero-order valence-corrected chi connectivity index (χ0v) is 18.0. The first-order chi connectivity index (χ1) is 13.2. The Morgan fingerprint density at radius 2 is 1.82 bits per heavy atom. The molecule has 0 saturated heterocycles. The third kappa shape index (κ3) is 10.1. The van der Waals surface area contributed by atoms with Crippen molar-refractivity contribution in [2.75, 3.05) is 21.3 Å². The fourth-order valence-electron chi connectivity index (χ4n) is 2.08. The minimum Gasteiger partial charge on any atom is -0.501 e. The average Bonchev–Trinajstić information content (AvgIpc) is 2.67. The molecule has 1 aromatic heterocycles. The first kappa shape index (κ1) is 27.8. The van der Waals surface area contributed by atoms with Gasteiger partial charge in [0.15, 0.2) is 5.69 Å². The number of aromatic nitrogens is 2. The summed E-state index contributed by atoms with van der Waals surface area (Å²) in [6, 6.07) is -0.485. The molecule has 9 nitrogen and oxygen atoms in total. The van der Waals surface area contributed by atoms with Crippen LogP contribution in [0, 0.1) is 5.92 Å². The van der Waals surface area contributed by atoms with Crippen molar-refractivity contribution in [3.8, 4) is 5.75 Å². The molecule has 1 atom stereocenters. The number of carbonyl (C=O) groups excluding carboxylic acids is 2. The van der Waals surface area contributed by atoms with Gasteiger partial charge in [0.1, 0.15) is 5.82 Å². The zero-order valence-electron chi connectivity index (χ0n) is 18.0. The van der Waals surface area contributed by atoms with Crippen LogP contribution in [0.15, 0.2) is 4.79 Å². The highest BCUT2D eigenvalue weighted by Crippen LogP contribution is 2.23. The number of aliphatic hydroxyl groups excluding tert-OH is 1. The van der Waals surface area contributed by atoms with E-state index in [1.807, 2.05) is 0 Å². The van der Waals surface area contributed by atoms with E-state index in [-0.39, 0.29) is 5.82 Å². The molecule has 1 unspecified atom stereocenters. The van der Waals surface area contributed by atoms with Gasteiger partial charge in [0.25, 0.3) is 5.56 Å². The number of carbonyl (C=O) groups is 2. The third-order valence-corrected chi connectivity index (χ3v) is 3.35. The number of nitrogens with zero attached hydrogens (tertiary/aromatic N) is 2. The number of amides is 1. The molecule has 9 heteroatoms. The van der Waals surface area contributed by atoms with Gasteiger partial charge in [-0.2, -0.15) is 0 Å². The van der Waals surface area contributed by atoms with E-state index in [0.29, 0.717) is 12.8 Å². The van der Waals surface area contributed by atoms with E-state index >= 15 is 0 Å². The fourth-order valence-corrected chi connectivity index (χ4v) is 2.08. The lowest BCUT2D eigenvalue weighted by molar-refractivity contribution is -0.119. The van der Waals surface area contributed by atoms with Crippen molar-refractivity contribution in [1.82, 2.24) is 14.9 Å². The highest BCUT2D eigenvalue weighted by Gasteiger charge is 2.24. The van der Waals surface area contributed by atoms with Crippen molar-refractivity contribution >= 4 is 12.4 Å². The molecule has 1 heterocycles. The largest absolute Gasteiger partial charge is 0.501 e. The van der Waals surface area contributed by atoms with Crippen LogP contribution in [0.5, 0.6) is 5.75 Å². The summed E-state index contributed by atoms with van der Waals surface area (Å²) < 4.78 is 4.49. The van der Waals surface area contributed by atoms with Crippen molar-refractivity contribution in [2.24, 2.45) is 5.92 Å². The van der Waals surface area contributed by atoms with Gasteiger partial charge < -0.3 is 24.8 Å². The van der Waals surface area contributed by atoms with Gasteiger partial charge in [0.05, 0.1) is 13.2 Å². The van der Waals surface area contributed by atoms with Gasteiger partial charge in [0, 0.05) is 14.2 Å². The summed E-state index contributed by atoms with van der Waals surface area (Å²) in [5, 5.41) is 16.6. The number of rotatable bonds is 8. The second-order valence-corrected chi connectivity index (χ2v) is 6.65. The second kappa shape index (κ2) is 15.6. The monoisotopic (exact) mass is 401 g/mol. The summed E-state index contributed by atoms with van der Waals surface area (Å²) in [7, 11) is 3.69. The number of hydrogen-bond acceptors (Lipinski definition) is 7. The van der Waals surface area contributed by atoms with Gasteiger partial charge >= 0.3 is 5.97 Å². The Labute approximate surface area is 166 Å². The Hall–Kier alpha value is -2.42. The summed E-state index contributed by atoms with van der Waals surface area (Å²) in [4.78, 5) is 42.1. The van der Waals surface area contributed by atoms with E-state index in [2.05, 4.69) is 42.4 Å². The molecule has 0 aliphatic carbocycles. The Kier molecular flexibility index (Phi) is 15.5. The third-order valence-electron chi connectivity index (χ3n) is 3.35. The summed E-state index contributed by atoms with van der Waals surface area (Å²) >= 11 is 0. The number of unbranched alkanes of at least 4 members (excludes halogenated alkanes) is 2. The molecule has 3 N–H and O–H groups in total. The van der Waals surface area contributed by atoms with Crippen LogP contribution in [0.25, 0.3) is 0 Å². The predicted molar refractivity (Wildman–Crippen MR) is 107 cm³/mol. The average molecular weight is 402 g/mol. The SMILES string of the molecule is CC(C)C.CCCCCC(c1nc(C(=O)OC)c(O)c(=O)[nH]1)N(C)C=O.CO. The maximum Gasteiger partial charge on any atom is 0.360 e. The Bertz CT molecular complexity index is 628. The molecule has 1 amide bonds. The lowest BCUT2D eigenvalue weighted by Gasteiger charge is -2.24. The number of hydrogen-bond donors (Lipinski definition) is 3. The number of esters is 1. The summed E-state index contributed by atoms with van der Waals surface area (Å²) in [5.74, 6) is -0.725. The Morgan fingerprint density at radius 3 is 2.25 bits per heavy atom. The van der Waals surface area contributed by atoms with Crippen LogP contribution in [0.4, 0.5) is 0 Å². The van der Waals surface area contributed by atoms with Crippen LogP contribution in [0.3, 0.4) is 0 Å². The maximum atomic E-state index is 11.8. The molecule has 162 valence electrons. The normalized spacial score (nSPS) is 10.8. The van der Waals surface area contributed by atoms with Gasteiger partial charge in [-0.25, -0.2) is 9.78 Å². The predicted octanol–water partition coefficient (Wildman–Crippen LogP) is 2.24. The van der Waals surface area contributed by atoms with Gasteiger partial charge in [0.2, 0.25) is 12.2 Å². The van der Waals surface area contributed by atoms with E-state index in [1.54, 1.807) is 7.05 Å². The van der Waals surface area contributed by atoms with Crippen LogP contribution >= 0.6 is 0 Å². The van der Waals surface area contributed by atoms with Crippen LogP contribution in [-0.4, -0.2) is 58.7 Å². The Balaban J connectivity index is 0. The zero-order chi connectivity index (χ0) is 22.3. The first-order valence-electron chi connectivity index (χ1n) is 9.22. The molecule has 0 spiro atoms. The van der Waals surface area contributed by atoms with E-state index < -0.39 is 29.0 Å². The Morgan fingerprint density at radius 1 is 1.29 bits per heavy atom. The van der Waals surface area contributed by atoms with Crippen molar-refractivity contribution in [2.45, 2.75) is 59.4 Å². The molecule has 0 fully saturated rings. The molecule has 0 saturated carbocycles. The van der Waals surface area contributed by atoms with E-state index in [4.69, 9.17) is 5.11 Å². The lowest BCUT2D eigenvalue weighted by atomic mass is 10.1. The van der Waals surface area contributed by atoms with Gasteiger partial charge in [-0.15, -0.1) is 0 Å². The van der Waals surface area contributed by atoms with Crippen molar-refractivity contribution in [1.29, 1.82) is 0 Å². The molecule has 1 rings (SSSR count). The van der Waals surface area contributed by atoms with Crippen LogP contribution in [-0.2, 0) is 9.53 Å². The minimum atomic E-state index is -0.911. The number of aromatic amines is 1. The maximum absolute atomic E-state index is 11.8. The molecule has 0 aliphatic rings. The van der Waals surface area contributed by atoms with Crippen LogP contribution in [0.2, 0.25) is 0 Å². The van der Waals surface area contributed by atoms with Gasteiger partial charge in [-0.05, 0) is 12.3 Å². The highest BCUT2D eigenvalue weighted by molar-refractivity contribution is 5.89. The van der Waals surface area contributed by atoms with Gasteiger partial charge in [-0.1, -0.05) is 47.0 Å². The molecule has 0 bridgehead atoms. The molecule has 0 radical (unpaired) electrons.